The van der Waals surface area contributed by atoms with Gasteiger partial charge in [-0.05, 0) is 13.3 Å². The molecule has 0 unspecified atom stereocenters. The van der Waals surface area contributed by atoms with Crippen molar-refractivity contribution in [1.29, 1.82) is 0 Å². The van der Waals surface area contributed by atoms with Crippen molar-refractivity contribution in [1.82, 2.24) is 0 Å². The minimum Gasteiger partial charge on any atom is -0.465 e. The zero-order valence-electron chi connectivity index (χ0n) is 13.8. The number of ether oxygens (including phenoxy) is 1. The van der Waals surface area contributed by atoms with Gasteiger partial charge in [-0.25, -0.2) is 0 Å². The SMILES string of the molecule is CCCCCOC(=O)[C@H]1C(C)=N[C@]2(O)c3ccccc3C(=O)[C@@]12O. The first-order valence-electron chi connectivity index (χ1n) is 8.20. The molecule has 1 aliphatic heterocycles. The second kappa shape index (κ2) is 5.79. The molecule has 6 nitrogen and oxygen atoms in total. The van der Waals surface area contributed by atoms with E-state index in [-0.39, 0.29) is 23.4 Å². The lowest BCUT2D eigenvalue weighted by Crippen LogP contribution is -2.56. The summed E-state index contributed by atoms with van der Waals surface area (Å²) in [6.45, 7) is 3.76. The Bertz CT molecular complexity index is 728. The van der Waals surface area contributed by atoms with E-state index in [9.17, 15) is 19.8 Å². The van der Waals surface area contributed by atoms with Gasteiger partial charge in [-0.15, -0.1) is 0 Å². The zero-order valence-corrected chi connectivity index (χ0v) is 13.8. The monoisotopic (exact) mass is 331 g/mol. The molecule has 6 heteroatoms. The summed E-state index contributed by atoms with van der Waals surface area (Å²) < 4.78 is 5.22. The van der Waals surface area contributed by atoms with Gasteiger partial charge < -0.3 is 14.9 Å². The molecule has 0 fully saturated rings. The second-order valence-electron chi connectivity index (χ2n) is 6.37. The predicted octanol–water partition coefficient (Wildman–Crippen LogP) is 1.58. The summed E-state index contributed by atoms with van der Waals surface area (Å²) in [6.07, 6.45) is 2.62. The largest absolute Gasteiger partial charge is 0.465 e. The number of carbonyl (C=O) groups excluding carboxylic acids is 2. The molecule has 0 radical (unpaired) electrons. The molecule has 0 amide bonds. The number of Topliss-reactive ketones (excluding diaryl/α,β-unsaturated/α-hetero) is 1. The predicted molar refractivity (Wildman–Crippen MR) is 86.7 cm³/mol. The first-order chi connectivity index (χ1) is 11.4. The number of rotatable bonds is 5. The standard InChI is InChI=1S/C18H21NO5/c1-3-4-7-10-24-16(21)14-11(2)19-18(23)13-9-6-5-8-12(13)15(20)17(14,18)22/h5-6,8-9,14,22-23H,3-4,7,10H2,1-2H3/t14-,17+,18+/m1/s1. The highest BCUT2D eigenvalue weighted by molar-refractivity contribution is 6.18. The number of ketones is 1. The van der Waals surface area contributed by atoms with Crippen LogP contribution in [0.1, 0.15) is 49.0 Å². The smallest absolute Gasteiger partial charge is 0.318 e. The quantitative estimate of drug-likeness (QED) is 0.631. The summed E-state index contributed by atoms with van der Waals surface area (Å²) >= 11 is 0. The lowest BCUT2D eigenvalue weighted by atomic mass is 9.79. The van der Waals surface area contributed by atoms with E-state index in [2.05, 4.69) is 4.99 Å². The van der Waals surface area contributed by atoms with Crippen LogP contribution in [0.15, 0.2) is 29.3 Å². The highest BCUT2D eigenvalue weighted by Gasteiger charge is 2.72. The van der Waals surface area contributed by atoms with E-state index in [1.807, 2.05) is 6.92 Å². The Labute approximate surface area is 140 Å². The molecule has 0 aromatic heterocycles. The van der Waals surface area contributed by atoms with Crippen LogP contribution in [0, 0.1) is 5.92 Å². The average molecular weight is 331 g/mol. The lowest BCUT2D eigenvalue weighted by molar-refractivity contribution is -0.165. The lowest BCUT2D eigenvalue weighted by Gasteiger charge is -2.31. The van der Waals surface area contributed by atoms with Crippen molar-refractivity contribution < 1.29 is 24.5 Å². The molecule has 3 rings (SSSR count). The van der Waals surface area contributed by atoms with Gasteiger partial charge in [0.15, 0.2) is 5.60 Å². The molecular weight excluding hydrogens is 310 g/mol. The Morgan fingerprint density at radius 2 is 2.00 bits per heavy atom. The third-order valence-corrected chi connectivity index (χ3v) is 4.83. The minimum atomic E-state index is -2.34. The molecule has 1 heterocycles. The van der Waals surface area contributed by atoms with E-state index in [1.54, 1.807) is 12.1 Å². The van der Waals surface area contributed by atoms with E-state index in [0.29, 0.717) is 6.42 Å². The van der Waals surface area contributed by atoms with E-state index in [1.165, 1.54) is 19.1 Å². The van der Waals surface area contributed by atoms with E-state index >= 15 is 0 Å². The van der Waals surface area contributed by atoms with Gasteiger partial charge in [-0.1, -0.05) is 44.0 Å². The fourth-order valence-electron chi connectivity index (χ4n) is 3.60. The third kappa shape index (κ3) is 2.06. The summed E-state index contributed by atoms with van der Waals surface area (Å²) in [5, 5.41) is 22.0. The summed E-state index contributed by atoms with van der Waals surface area (Å²) in [5.74, 6) is -2.73. The van der Waals surface area contributed by atoms with Crippen LogP contribution in [-0.4, -0.2) is 39.9 Å². The maximum absolute atomic E-state index is 12.8. The molecule has 1 aromatic rings. The highest BCUT2D eigenvalue weighted by atomic mass is 16.5. The fraction of sp³-hybridized carbons (Fsp3) is 0.500. The highest BCUT2D eigenvalue weighted by Crippen LogP contribution is 2.53. The Kier molecular flexibility index (Phi) is 4.05. The van der Waals surface area contributed by atoms with E-state index in [0.717, 1.165) is 12.8 Å². The van der Waals surface area contributed by atoms with E-state index in [4.69, 9.17) is 4.74 Å². The van der Waals surface area contributed by atoms with Crippen molar-refractivity contribution in [3.8, 4) is 0 Å². The van der Waals surface area contributed by atoms with Crippen molar-refractivity contribution in [3.63, 3.8) is 0 Å². The van der Waals surface area contributed by atoms with Crippen LogP contribution < -0.4 is 0 Å². The average Bonchev–Trinajstić information content (AvgIpc) is 2.87. The van der Waals surface area contributed by atoms with Crippen molar-refractivity contribution in [2.45, 2.75) is 44.4 Å². The first kappa shape index (κ1) is 16.8. The molecular formula is C18H21NO5. The summed E-state index contributed by atoms with van der Waals surface area (Å²) in [7, 11) is 0. The molecule has 1 aliphatic carbocycles. The Morgan fingerprint density at radius 3 is 2.71 bits per heavy atom. The Morgan fingerprint density at radius 1 is 1.29 bits per heavy atom. The van der Waals surface area contributed by atoms with Crippen molar-refractivity contribution in [2.75, 3.05) is 6.61 Å². The Hall–Kier alpha value is -2.05. The van der Waals surface area contributed by atoms with Crippen molar-refractivity contribution in [2.24, 2.45) is 10.9 Å². The van der Waals surface area contributed by atoms with Gasteiger partial charge in [-0.3, -0.25) is 14.6 Å². The molecule has 1 aromatic carbocycles. The number of carbonyl (C=O) groups is 2. The summed E-state index contributed by atoms with van der Waals surface area (Å²) in [4.78, 5) is 29.3. The number of esters is 1. The van der Waals surface area contributed by atoms with Crippen LogP contribution in [-0.2, 0) is 15.3 Å². The van der Waals surface area contributed by atoms with Crippen LogP contribution >= 0.6 is 0 Å². The molecule has 2 N–H and O–H groups in total. The van der Waals surface area contributed by atoms with Crippen molar-refractivity contribution >= 4 is 17.5 Å². The third-order valence-electron chi connectivity index (χ3n) is 4.83. The maximum atomic E-state index is 12.8. The molecule has 3 atom stereocenters. The van der Waals surface area contributed by atoms with Gasteiger partial charge in [0, 0.05) is 16.8 Å². The van der Waals surface area contributed by atoms with Crippen LogP contribution in [0.2, 0.25) is 0 Å². The molecule has 0 bridgehead atoms. The number of nitrogens with zero attached hydrogens (tertiary/aromatic N) is 1. The van der Waals surface area contributed by atoms with Crippen LogP contribution in [0.4, 0.5) is 0 Å². The molecule has 0 saturated heterocycles. The van der Waals surface area contributed by atoms with Gasteiger partial charge in [0.1, 0.15) is 5.92 Å². The molecule has 128 valence electrons. The number of unbranched alkanes of at least 4 members (excludes halogenated alkanes) is 2. The number of benzene rings is 1. The number of hydrogen-bond acceptors (Lipinski definition) is 6. The first-order valence-corrected chi connectivity index (χ1v) is 8.20. The normalized spacial score (nSPS) is 30.8. The maximum Gasteiger partial charge on any atom is 0.318 e. The number of aliphatic imine (C=N–C) groups is 1. The van der Waals surface area contributed by atoms with E-state index < -0.39 is 29.0 Å². The minimum absolute atomic E-state index is 0.183. The second-order valence-corrected chi connectivity index (χ2v) is 6.37. The summed E-state index contributed by atoms with van der Waals surface area (Å²) in [6, 6.07) is 6.34. The number of aliphatic hydroxyl groups is 2. The van der Waals surface area contributed by atoms with Crippen LogP contribution in [0.5, 0.6) is 0 Å². The Balaban J connectivity index is 1.94. The van der Waals surface area contributed by atoms with Gasteiger partial charge in [0.2, 0.25) is 11.5 Å². The molecule has 2 aliphatic rings. The van der Waals surface area contributed by atoms with Crippen LogP contribution in [0.3, 0.4) is 0 Å². The van der Waals surface area contributed by atoms with Crippen molar-refractivity contribution in [3.05, 3.63) is 35.4 Å². The molecule has 0 spiro atoms. The topological polar surface area (TPSA) is 96.2 Å². The van der Waals surface area contributed by atoms with Gasteiger partial charge in [0.05, 0.1) is 6.61 Å². The fourth-order valence-corrected chi connectivity index (χ4v) is 3.60. The summed E-state index contributed by atoms with van der Waals surface area (Å²) in [5.41, 5.74) is -3.88. The molecule has 0 saturated carbocycles. The van der Waals surface area contributed by atoms with Gasteiger partial charge >= 0.3 is 5.97 Å². The zero-order chi connectivity index (χ0) is 17.5. The molecule has 24 heavy (non-hydrogen) atoms. The van der Waals surface area contributed by atoms with Gasteiger partial charge in [-0.2, -0.15) is 0 Å². The number of hydrogen-bond donors (Lipinski definition) is 2. The number of fused-ring (bicyclic) bond motifs is 3. The van der Waals surface area contributed by atoms with Crippen LogP contribution in [0.25, 0.3) is 0 Å². The van der Waals surface area contributed by atoms with Gasteiger partial charge in [0.25, 0.3) is 0 Å².